The highest BCUT2D eigenvalue weighted by Gasteiger charge is 2.19. The zero-order valence-electron chi connectivity index (χ0n) is 16.9. The van der Waals surface area contributed by atoms with Gasteiger partial charge < -0.3 is 5.32 Å². The van der Waals surface area contributed by atoms with Crippen molar-refractivity contribution in [2.45, 2.75) is 39.7 Å². The number of hydrogen-bond acceptors (Lipinski definition) is 5. The number of nitrogens with zero attached hydrogens (tertiary/aromatic N) is 5. The largest absolute Gasteiger partial charge is 0.309 e. The van der Waals surface area contributed by atoms with Crippen LogP contribution in [-0.2, 0) is 17.8 Å². The number of halogens is 1. The van der Waals surface area contributed by atoms with E-state index in [-0.39, 0.29) is 23.8 Å². The number of fused-ring (bicyclic) bond motifs is 3. The fourth-order valence-corrected chi connectivity index (χ4v) is 3.34. The zero-order valence-corrected chi connectivity index (χ0v) is 16.9. The molecule has 4 heterocycles. The lowest BCUT2D eigenvalue weighted by Crippen LogP contribution is -2.30. The van der Waals surface area contributed by atoms with Crippen molar-refractivity contribution in [2.24, 2.45) is 0 Å². The molecule has 4 rings (SSSR count). The van der Waals surface area contributed by atoms with Gasteiger partial charge in [-0.15, -0.1) is 0 Å². The molecule has 4 aromatic heterocycles. The molecular weight excluding hydrogens is 387 g/mol. The predicted octanol–water partition coefficient (Wildman–Crippen LogP) is 2.90. The van der Waals surface area contributed by atoms with E-state index in [9.17, 15) is 14.0 Å². The number of carbonyl (C=O) groups excluding carboxylic acids is 1. The molecule has 0 bridgehead atoms. The monoisotopic (exact) mass is 408 g/mol. The van der Waals surface area contributed by atoms with Crippen LogP contribution in [-0.4, -0.2) is 30.1 Å². The Morgan fingerprint density at radius 1 is 1.20 bits per heavy atom. The standard InChI is InChI=1S/C21H21FN6O2/c1-4-13-9-24-28-19-15(6-7-16(25-19)12(2)3)21(30)27(20(13)28)11-18(29)26-17-8-5-14(22)10-23-17/h5-10,12H,4,11H2,1-3H3,(H,23,26,29). The molecule has 9 heteroatoms. The summed E-state index contributed by atoms with van der Waals surface area (Å²) in [6.45, 7) is 5.78. The maximum absolute atomic E-state index is 13.3. The van der Waals surface area contributed by atoms with Crippen molar-refractivity contribution in [1.29, 1.82) is 0 Å². The van der Waals surface area contributed by atoms with E-state index >= 15 is 0 Å². The lowest BCUT2D eigenvalue weighted by atomic mass is 10.1. The average molecular weight is 408 g/mol. The minimum atomic E-state index is -0.499. The molecule has 0 saturated carbocycles. The first kappa shape index (κ1) is 19.7. The molecule has 0 fully saturated rings. The Labute approximate surface area is 171 Å². The lowest BCUT2D eigenvalue weighted by molar-refractivity contribution is -0.116. The van der Waals surface area contributed by atoms with Gasteiger partial charge in [0.05, 0.1) is 17.8 Å². The van der Waals surface area contributed by atoms with Crippen LogP contribution < -0.4 is 10.9 Å². The number of aryl methyl sites for hydroxylation is 1. The Kier molecular flexibility index (Phi) is 5.03. The summed E-state index contributed by atoms with van der Waals surface area (Å²) in [7, 11) is 0. The number of amides is 1. The fourth-order valence-electron chi connectivity index (χ4n) is 3.34. The van der Waals surface area contributed by atoms with E-state index in [0.717, 1.165) is 17.5 Å². The van der Waals surface area contributed by atoms with E-state index in [1.807, 2.05) is 26.8 Å². The molecule has 0 atom stereocenters. The van der Waals surface area contributed by atoms with Crippen LogP contribution in [0.3, 0.4) is 0 Å². The molecule has 0 saturated heterocycles. The van der Waals surface area contributed by atoms with Gasteiger partial charge in [-0.1, -0.05) is 20.8 Å². The maximum Gasteiger partial charge on any atom is 0.263 e. The first-order chi connectivity index (χ1) is 14.4. The van der Waals surface area contributed by atoms with Crippen LogP contribution in [0.5, 0.6) is 0 Å². The van der Waals surface area contributed by atoms with Gasteiger partial charge in [0.2, 0.25) is 5.91 Å². The van der Waals surface area contributed by atoms with Crippen LogP contribution in [0.15, 0.2) is 41.5 Å². The van der Waals surface area contributed by atoms with Crippen LogP contribution in [0.4, 0.5) is 10.2 Å². The summed E-state index contributed by atoms with van der Waals surface area (Å²) >= 11 is 0. The topological polar surface area (TPSA) is 94.2 Å². The molecule has 0 radical (unpaired) electrons. The SMILES string of the molecule is CCc1cnn2c3nc(C(C)C)ccc3c(=O)n(CC(=O)Nc3ccc(F)cn3)c12. The minimum Gasteiger partial charge on any atom is -0.309 e. The molecule has 8 nitrogen and oxygen atoms in total. The highest BCUT2D eigenvalue weighted by molar-refractivity contribution is 5.90. The fraction of sp³-hybridized carbons (Fsp3) is 0.286. The van der Waals surface area contributed by atoms with Gasteiger partial charge in [-0.3, -0.25) is 14.2 Å². The Balaban J connectivity index is 1.83. The summed E-state index contributed by atoms with van der Waals surface area (Å²) in [5, 5.41) is 7.40. The molecule has 0 aliphatic carbocycles. The summed E-state index contributed by atoms with van der Waals surface area (Å²) < 4.78 is 16.0. The van der Waals surface area contributed by atoms with Crippen LogP contribution in [0.25, 0.3) is 16.7 Å². The van der Waals surface area contributed by atoms with E-state index in [2.05, 4.69) is 20.4 Å². The van der Waals surface area contributed by atoms with Crippen LogP contribution in [0, 0.1) is 5.82 Å². The number of aromatic nitrogens is 5. The van der Waals surface area contributed by atoms with Crippen molar-refractivity contribution in [3.05, 3.63) is 64.1 Å². The molecular formula is C21H21FN6O2. The summed E-state index contributed by atoms with van der Waals surface area (Å²) in [5.74, 6) is -0.547. The van der Waals surface area contributed by atoms with Gasteiger partial charge in [0.25, 0.3) is 5.56 Å². The van der Waals surface area contributed by atoms with Gasteiger partial charge in [-0.2, -0.15) is 9.61 Å². The van der Waals surface area contributed by atoms with E-state index in [0.29, 0.717) is 23.1 Å². The quantitative estimate of drug-likeness (QED) is 0.548. The Hall–Kier alpha value is -3.62. The van der Waals surface area contributed by atoms with E-state index in [4.69, 9.17) is 0 Å². The Morgan fingerprint density at radius 3 is 2.67 bits per heavy atom. The second kappa shape index (κ2) is 7.66. The third-order valence-corrected chi connectivity index (χ3v) is 4.91. The van der Waals surface area contributed by atoms with Gasteiger partial charge in [-0.05, 0) is 36.6 Å². The first-order valence-corrected chi connectivity index (χ1v) is 9.70. The Morgan fingerprint density at radius 2 is 2.00 bits per heavy atom. The highest BCUT2D eigenvalue weighted by atomic mass is 19.1. The van der Waals surface area contributed by atoms with Crippen molar-refractivity contribution in [3.8, 4) is 0 Å². The van der Waals surface area contributed by atoms with Gasteiger partial charge in [0, 0.05) is 11.3 Å². The van der Waals surface area contributed by atoms with Crippen LogP contribution in [0.1, 0.15) is 37.9 Å². The summed E-state index contributed by atoms with van der Waals surface area (Å²) in [5.41, 5.74) is 2.37. The van der Waals surface area contributed by atoms with E-state index < -0.39 is 11.7 Å². The van der Waals surface area contributed by atoms with Crippen molar-refractivity contribution >= 4 is 28.4 Å². The second-order valence-electron chi connectivity index (χ2n) is 7.32. The molecule has 1 amide bonds. The van der Waals surface area contributed by atoms with Gasteiger partial charge in [-0.25, -0.2) is 14.4 Å². The van der Waals surface area contributed by atoms with Crippen molar-refractivity contribution in [3.63, 3.8) is 0 Å². The van der Waals surface area contributed by atoms with Crippen molar-refractivity contribution in [2.75, 3.05) is 5.32 Å². The number of carbonyl (C=O) groups is 1. The normalized spacial score (nSPS) is 11.5. The van der Waals surface area contributed by atoms with E-state index in [1.165, 1.54) is 16.7 Å². The van der Waals surface area contributed by atoms with Gasteiger partial charge >= 0.3 is 0 Å². The average Bonchev–Trinajstić information content (AvgIpc) is 3.16. The van der Waals surface area contributed by atoms with Crippen LogP contribution >= 0.6 is 0 Å². The summed E-state index contributed by atoms with van der Waals surface area (Å²) in [6, 6.07) is 6.10. The van der Waals surface area contributed by atoms with Crippen molar-refractivity contribution < 1.29 is 9.18 Å². The van der Waals surface area contributed by atoms with Crippen molar-refractivity contribution in [1.82, 2.24) is 24.1 Å². The maximum atomic E-state index is 13.3. The van der Waals surface area contributed by atoms with Crippen LogP contribution in [0.2, 0.25) is 0 Å². The number of rotatable bonds is 5. The predicted molar refractivity (Wildman–Crippen MR) is 111 cm³/mol. The third-order valence-electron chi connectivity index (χ3n) is 4.91. The number of anilines is 1. The molecule has 0 aliphatic rings. The molecule has 0 aromatic carbocycles. The lowest BCUT2D eigenvalue weighted by Gasteiger charge is -2.13. The molecule has 154 valence electrons. The zero-order chi connectivity index (χ0) is 21.4. The number of pyridine rings is 2. The summed E-state index contributed by atoms with van der Waals surface area (Å²) in [4.78, 5) is 34.3. The van der Waals surface area contributed by atoms with Gasteiger partial charge in [0.1, 0.15) is 23.8 Å². The Bertz CT molecular complexity index is 1310. The molecule has 0 unspecified atom stereocenters. The van der Waals surface area contributed by atoms with Gasteiger partial charge in [0.15, 0.2) is 5.65 Å². The number of nitrogens with one attached hydrogen (secondary N) is 1. The third kappa shape index (κ3) is 3.42. The molecule has 30 heavy (non-hydrogen) atoms. The summed E-state index contributed by atoms with van der Waals surface area (Å²) in [6.07, 6.45) is 3.34. The molecule has 0 spiro atoms. The second-order valence-corrected chi connectivity index (χ2v) is 7.32. The smallest absolute Gasteiger partial charge is 0.263 e. The first-order valence-electron chi connectivity index (χ1n) is 9.70. The highest BCUT2D eigenvalue weighted by Crippen LogP contribution is 2.19. The number of hydrogen-bond donors (Lipinski definition) is 1. The van der Waals surface area contributed by atoms with E-state index in [1.54, 1.807) is 16.8 Å². The molecule has 4 aromatic rings. The molecule has 1 N–H and O–H groups in total. The minimum absolute atomic E-state index is 0.196. The molecule has 0 aliphatic heterocycles.